The molecule has 8 heteroatoms. The lowest BCUT2D eigenvalue weighted by atomic mass is 10.1. The standard InChI is InChI=1S/C23H23F2NO5/c1-4-13-30-20-10-5-16(14-21(20)29-3)11-12-26-22(27)19(15-31-23(24)25)17-6-8-18(28-2)9-7-17/h1,5-10,14-15,23H,11-13H2,2-3H3,(H,26,27)/b19-15+. The predicted octanol–water partition coefficient (Wildman–Crippen LogP) is 3.65. The van der Waals surface area contributed by atoms with E-state index < -0.39 is 12.5 Å². The molecule has 1 N–H and O–H groups in total. The van der Waals surface area contributed by atoms with Gasteiger partial charge in [-0.25, -0.2) is 0 Å². The van der Waals surface area contributed by atoms with Crippen LogP contribution >= 0.6 is 0 Å². The van der Waals surface area contributed by atoms with Gasteiger partial charge in [-0.2, -0.15) is 8.78 Å². The van der Waals surface area contributed by atoms with Gasteiger partial charge in [0.2, 0.25) is 0 Å². The highest BCUT2D eigenvalue weighted by molar-refractivity contribution is 6.19. The summed E-state index contributed by atoms with van der Waals surface area (Å²) in [4.78, 5) is 12.6. The molecule has 0 aromatic heterocycles. The summed E-state index contributed by atoms with van der Waals surface area (Å²) in [6, 6.07) is 11.7. The molecule has 0 heterocycles. The number of hydrogen-bond acceptors (Lipinski definition) is 5. The Morgan fingerprint density at radius 3 is 2.48 bits per heavy atom. The Morgan fingerprint density at radius 2 is 1.87 bits per heavy atom. The van der Waals surface area contributed by atoms with E-state index in [1.54, 1.807) is 36.4 Å². The normalized spacial score (nSPS) is 10.9. The van der Waals surface area contributed by atoms with Crippen LogP contribution in [0.4, 0.5) is 8.78 Å². The minimum absolute atomic E-state index is 0.0291. The fourth-order valence-corrected chi connectivity index (χ4v) is 2.66. The molecule has 0 saturated carbocycles. The second kappa shape index (κ2) is 12.1. The van der Waals surface area contributed by atoms with Gasteiger partial charge in [0.1, 0.15) is 18.6 Å². The predicted molar refractivity (Wildman–Crippen MR) is 112 cm³/mol. The summed E-state index contributed by atoms with van der Waals surface area (Å²) in [5.74, 6) is 3.44. The van der Waals surface area contributed by atoms with Crippen LogP contribution in [0.1, 0.15) is 11.1 Å². The third-order valence-electron chi connectivity index (χ3n) is 4.17. The highest BCUT2D eigenvalue weighted by atomic mass is 19.3. The molecular weight excluding hydrogens is 408 g/mol. The highest BCUT2D eigenvalue weighted by Crippen LogP contribution is 2.28. The van der Waals surface area contributed by atoms with Crippen LogP contribution in [-0.2, 0) is 16.0 Å². The molecule has 0 saturated heterocycles. The Morgan fingerprint density at radius 1 is 1.13 bits per heavy atom. The van der Waals surface area contributed by atoms with E-state index in [0.717, 1.165) is 11.8 Å². The zero-order valence-corrected chi connectivity index (χ0v) is 17.2. The zero-order chi connectivity index (χ0) is 22.6. The molecule has 0 fully saturated rings. The van der Waals surface area contributed by atoms with Gasteiger partial charge < -0.3 is 24.3 Å². The van der Waals surface area contributed by atoms with Crippen molar-refractivity contribution in [1.82, 2.24) is 5.32 Å². The van der Waals surface area contributed by atoms with Gasteiger partial charge in [0, 0.05) is 6.54 Å². The van der Waals surface area contributed by atoms with Gasteiger partial charge in [-0.15, -0.1) is 6.42 Å². The summed E-state index contributed by atoms with van der Waals surface area (Å²) in [6.07, 6.45) is 6.42. The second-order valence-corrected chi connectivity index (χ2v) is 6.14. The Labute approximate surface area is 179 Å². The van der Waals surface area contributed by atoms with Crippen LogP contribution in [0.25, 0.3) is 5.57 Å². The Hall–Kier alpha value is -3.73. The van der Waals surface area contributed by atoms with Gasteiger partial charge in [0.15, 0.2) is 11.5 Å². The average Bonchev–Trinajstić information content (AvgIpc) is 2.78. The molecule has 0 spiro atoms. The van der Waals surface area contributed by atoms with Gasteiger partial charge in [0.25, 0.3) is 5.91 Å². The third kappa shape index (κ3) is 7.23. The molecule has 0 aliphatic heterocycles. The lowest BCUT2D eigenvalue weighted by Crippen LogP contribution is -2.27. The van der Waals surface area contributed by atoms with E-state index in [1.807, 2.05) is 6.07 Å². The molecule has 6 nitrogen and oxygen atoms in total. The van der Waals surface area contributed by atoms with E-state index in [2.05, 4.69) is 16.0 Å². The summed E-state index contributed by atoms with van der Waals surface area (Å²) >= 11 is 0. The molecular formula is C23H23F2NO5. The average molecular weight is 431 g/mol. The van der Waals surface area contributed by atoms with E-state index in [4.69, 9.17) is 20.6 Å². The molecule has 0 unspecified atom stereocenters. The van der Waals surface area contributed by atoms with E-state index in [-0.39, 0.29) is 18.7 Å². The number of carbonyl (C=O) groups excluding carboxylic acids is 1. The minimum Gasteiger partial charge on any atom is -0.497 e. The largest absolute Gasteiger partial charge is 0.497 e. The van der Waals surface area contributed by atoms with Crippen LogP contribution in [-0.4, -0.2) is 39.9 Å². The molecule has 31 heavy (non-hydrogen) atoms. The Balaban J connectivity index is 2.05. The maximum atomic E-state index is 12.6. The van der Waals surface area contributed by atoms with Crippen molar-refractivity contribution >= 4 is 11.5 Å². The number of terminal acetylenes is 1. The minimum atomic E-state index is -3.04. The topological polar surface area (TPSA) is 66.0 Å². The summed E-state index contributed by atoms with van der Waals surface area (Å²) in [7, 11) is 3.01. The van der Waals surface area contributed by atoms with Gasteiger partial charge >= 0.3 is 6.61 Å². The van der Waals surface area contributed by atoms with Crippen molar-refractivity contribution in [2.24, 2.45) is 0 Å². The van der Waals surface area contributed by atoms with Gasteiger partial charge in [-0.05, 0) is 41.8 Å². The van der Waals surface area contributed by atoms with Crippen molar-refractivity contribution in [2.45, 2.75) is 13.0 Å². The Bertz CT molecular complexity index is 936. The first-order valence-electron chi connectivity index (χ1n) is 9.28. The van der Waals surface area contributed by atoms with Crippen molar-refractivity contribution in [3.05, 3.63) is 59.9 Å². The highest BCUT2D eigenvalue weighted by Gasteiger charge is 2.14. The first kappa shape index (κ1) is 23.5. The first-order valence-corrected chi connectivity index (χ1v) is 9.28. The van der Waals surface area contributed by atoms with E-state index in [0.29, 0.717) is 29.2 Å². The summed E-state index contributed by atoms with van der Waals surface area (Å²) in [5.41, 5.74) is 1.26. The van der Waals surface area contributed by atoms with Crippen LogP contribution in [0.5, 0.6) is 17.2 Å². The number of rotatable bonds is 11. The van der Waals surface area contributed by atoms with Crippen LogP contribution in [0.2, 0.25) is 0 Å². The van der Waals surface area contributed by atoms with Crippen LogP contribution in [0, 0.1) is 12.3 Å². The number of ether oxygens (including phenoxy) is 4. The lowest BCUT2D eigenvalue weighted by molar-refractivity contribution is -0.116. The van der Waals surface area contributed by atoms with Crippen molar-refractivity contribution in [2.75, 3.05) is 27.4 Å². The van der Waals surface area contributed by atoms with Crippen LogP contribution < -0.4 is 19.5 Å². The maximum Gasteiger partial charge on any atom is 0.386 e. The van der Waals surface area contributed by atoms with E-state index in [1.165, 1.54) is 14.2 Å². The molecule has 2 rings (SSSR count). The van der Waals surface area contributed by atoms with Gasteiger partial charge in [-0.1, -0.05) is 24.1 Å². The number of benzene rings is 2. The number of hydrogen-bond donors (Lipinski definition) is 1. The van der Waals surface area contributed by atoms with Crippen molar-refractivity contribution in [3.63, 3.8) is 0 Å². The zero-order valence-electron chi connectivity index (χ0n) is 17.2. The first-order chi connectivity index (χ1) is 15.0. The monoisotopic (exact) mass is 431 g/mol. The third-order valence-corrected chi connectivity index (χ3v) is 4.17. The lowest BCUT2D eigenvalue weighted by Gasteiger charge is -2.12. The summed E-state index contributed by atoms with van der Waals surface area (Å²) < 4.78 is 45.0. The van der Waals surface area contributed by atoms with Crippen molar-refractivity contribution < 1.29 is 32.5 Å². The molecule has 164 valence electrons. The molecule has 0 atom stereocenters. The van der Waals surface area contributed by atoms with E-state index in [9.17, 15) is 13.6 Å². The summed E-state index contributed by atoms with van der Waals surface area (Å²) in [6.45, 7) is -2.66. The van der Waals surface area contributed by atoms with Crippen molar-refractivity contribution in [1.29, 1.82) is 0 Å². The number of amides is 1. The molecule has 0 aliphatic carbocycles. The molecule has 0 bridgehead atoms. The fourth-order valence-electron chi connectivity index (χ4n) is 2.66. The Kier molecular flexibility index (Phi) is 9.17. The molecule has 2 aromatic rings. The molecule has 0 aliphatic rings. The van der Waals surface area contributed by atoms with Gasteiger partial charge in [-0.3, -0.25) is 4.79 Å². The van der Waals surface area contributed by atoms with Gasteiger partial charge in [0.05, 0.1) is 19.8 Å². The number of halogens is 2. The van der Waals surface area contributed by atoms with Crippen LogP contribution in [0.15, 0.2) is 48.7 Å². The molecule has 0 radical (unpaired) electrons. The summed E-state index contributed by atoms with van der Waals surface area (Å²) in [5, 5.41) is 2.71. The fraction of sp³-hybridized carbons (Fsp3) is 0.261. The number of carbonyl (C=O) groups is 1. The van der Waals surface area contributed by atoms with Crippen molar-refractivity contribution in [3.8, 4) is 29.6 Å². The van der Waals surface area contributed by atoms with E-state index >= 15 is 0 Å². The second-order valence-electron chi connectivity index (χ2n) is 6.14. The molecule has 2 aromatic carbocycles. The SMILES string of the molecule is C#CCOc1ccc(CCNC(=O)/C(=C/OC(F)F)c2ccc(OC)cc2)cc1OC. The number of nitrogens with one attached hydrogen (secondary N) is 1. The molecule has 1 amide bonds. The smallest absolute Gasteiger partial charge is 0.386 e. The quantitative estimate of drug-likeness (QED) is 0.334. The maximum absolute atomic E-state index is 12.6. The number of alkyl halides is 2. The van der Waals surface area contributed by atoms with Crippen LogP contribution in [0.3, 0.4) is 0 Å². The number of methoxy groups -OCH3 is 2.